The van der Waals surface area contributed by atoms with Crippen LogP contribution < -0.4 is 0 Å². The van der Waals surface area contributed by atoms with E-state index < -0.39 is 5.60 Å². The van der Waals surface area contributed by atoms with Crippen molar-refractivity contribution in [2.75, 3.05) is 0 Å². The molecule has 1 atom stereocenters. The molecule has 1 aliphatic rings. The van der Waals surface area contributed by atoms with Crippen LogP contribution in [0.15, 0.2) is 0 Å². The highest BCUT2D eigenvalue weighted by atomic mass is 16.3. The van der Waals surface area contributed by atoms with Crippen LogP contribution >= 0.6 is 0 Å². The molecular weight excluding hydrogens is 150 g/mol. The summed E-state index contributed by atoms with van der Waals surface area (Å²) in [5.41, 5.74) is -0.818. The molecule has 0 spiro atoms. The fraction of sp³-hybridized carbons (Fsp3) is 0.900. The third-order valence-electron chi connectivity index (χ3n) is 3.27. The van der Waals surface area contributed by atoms with E-state index in [0.717, 1.165) is 19.3 Å². The van der Waals surface area contributed by atoms with Crippen LogP contribution in [0.4, 0.5) is 0 Å². The van der Waals surface area contributed by atoms with E-state index in [1.165, 1.54) is 6.42 Å². The Labute approximate surface area is 74.2 Å². The number of nitrogens with zero attached hydrogens (tertiary/aromatic N) is 1. The number of hydrogen-bond donors (Lipinski definition) is 1. The standard InChI is InChI=1S/C10H17NO/c1-9(2)5-3-4-6-10(9,12)7-8-11/h12H,3-7H2,1-2H3. The van der Waals surface area contributed by atoms with Gasteiger partial charge in [0.05, 0.1) is 18.1 Å². The Morgan fingerprint density at radius 2 is 1.92 bits per heavy atom. The smallest absolute Gasteiger partial charge is 0.0827 e. The van der Waals surface area contributed by atoms with Crippen LogP contribution in [-0.4, -0.2) is 10.7 Å². The van der Waals surface area contributed by atoms with E-state index in [9.17, 15) is 5.11 Å². The zero-order valence-electron chi connectivity index (χ0n) is 7.93. The summed E-state index contributed by atoms with van der Waals surface area (Å²) in [5, 5.41) is 18.8. The Hall–Kier alpha value is -0.550. The van der Waals surface area contributed by atoms with Gasteiger partial charge in [-0.05, 0) is 18.3 Å². The van der Waals surface area contributed by atoms with Crippen LogP contribution in [0, 0.1) is 16.7 Å². The van der Waals surface area contributed by atoms with E-state index >= 15 is 0 Å². The van der Waals surface area contributed by atoms with Crippen LogP contribution in [-0.2, 0) is 0 Å². The first-order valence-corrected chi connectivity index (χ1v) is 4.61. The molecule has 2 nitrogen and oxygen atoms in total. The minimum Gasteiger partial charge on any atom is -0.388 e. The molecule has 1 aliphatic carbocycles. The molecule has 0 heterocycles. The minimum absolute atomic E-state index is 0.0824. The molecule has 0 amide bonds. The highest BCUT2D eigenvalue weighted by molar-refractivity contribution is 5.01. The summed E-state index contributed by atoms with van der Waals surface area (Å²) in [6.07, 6.45) is 4.33. The lowest BCUT2D eigenvalue weighted by atomic mass is 9.64. The van der Waals surface area contributed by atoms with Gasteiger partial charge in [0, 0.05) is 0 Å². The van der Waals surface area contributed by atoms with Crippen LogP contribution in [0.1, 0.15) is 46.0 Å². The average molecular weight is 167 g/mol. The van der Waals surface area contributed by atoms with Crippen molar-refractivity contribution >= 4 is 0 Å². The zero-order valence-corrected chi connectivity index (χ0v) is 7.93. The lowest BCUT2D eigenvalue weighted by Gasteiger charge is -2.45. The van der Waals surface area contributed by atoms with E-state index in [1.807, 2.05) is 0 Å². The summed E-state index contributed by atoms with van der Waals surface area (Å²) in [6, 6.07) is 2.08. The van der Waals surface area contributed by atoms with Gasteiger partial charge in [0.1, 0.15) is 0 Å². The lowest BCUT2D eigenvalue weighted by Crippen LogP contribution is -2.46. The molecule has 0 aromatic heterocycles. The highest BCUT2D eigenvalue weighted by Gasteiger charge is 2.44. The van der Waals surface area contributed by atoms with Gasteiger partial charge in [-0.2, -0.15) is 5.26 Å². The molecular formula is C10H17NO. The molecule has 1 rings (SSSR count). The Morgan fingerprint density at radius 3 is 2.42 bits per heavy atom. The third-order valence-corrected chi connectivity index (χ3v) is 3.27. The molecule has 1 saturated carbocycles. The van der Waals surface area contributed by atoms with E-state index in [-0.39, 0.29) is 11.8 Å². The first-order chi connectivity index (χ1) is 5.52. The van der Waals surface area contributed by atoms with Crippen molar-refractivity contribution in [2.45, 2.75) is 51.6 Å². The molecule has 1 fully saturated rings. The minimum atomic E-state index is -0.736. The summed E-state index contributed by atoms with van der Waals surface area (Å²) < 4.78 is 0. The van der Waals surface area contributed by atoms with Crippen molar-refractivity contribution in [1.82, 2.24) is 0 Å². The zero-order chi connectivity index (χ0) is 9.24. The number of aliphatic hydroxyl groups is 1. The van der Waals surface area contributed by atoms with Crippen molar-refractivity contribution in [2.24, 2.45) is 5.41 Å². The topological polar surface area (TPSA) is 44.0 Å². The third kappa shape index (κ3) is 1.47. The average Bonchev–Trinajstić information content (AvgIpc) is 1.96. The summed E-state index contributed by atoms with van der Waals surface area (Å²) >= 11 is 0. The lowest BCUT2D eigenvalue weighted by molar-refractivity contribution is -0.0926. The van der Waals surface area contributed by atoms with Crippen molar-refractivity contribution < 1.29 is 5.11 Å². The molecule has 1 unspecified atom stereocenters. The maximum Gasteiger partial charge on any atom is 0.0827 e. The van der Waals surface area contributed by atoms with Crippen molar-refractivity contribution in [3.8, 4) is 6.07 Å². The predicted octanol–water partition coefficient (Wildman–Crippen LogP) is 2.23. The highest BCUT2D eigenvalue weighted by Crippen LogP contribution is 2.45. The fourth-order valence-corrected chi connectivity index (χ4v) is 2.01. The van der Waals surface area contributed by atoms with Gasteiger partial charge in [0.25, 0.3) is 0 Å². The molecule has 0 aromatic rings. The first kappa shape index (κ1) is 9.54. The Morgan fingerprint density at radius 1 is 1.33 bits per heavy atom. The second-order valence-electron chi connectivity index (χ2n) is 4.46. The van der Waals surface area contributed by atoms with Crippen molar-refractivity contribution in [1.29, 1.82) is 5.26 Å². The maximum atomic E-state index is 10.2. The summed E-state index contributed by atoms with van der Waals surface area (Å²) in [6.45, 7) is 4.12. The van der Waals surface area contributed by atoms with Gasteiger partial charge in [-0.25, -0.2) is 0 Å². The molecule has 0 radical (unpaired) electrons. The molecule has 1 N–H and O–H groups in total. The van der Waals surface area contributed by atoms with Crippen molar-refractivity contribution in [3.05, 3.63) is 0 Å². The summed E-state index contributed by atoms with van der Waals surface area (Å²) in [7, 11) is 0. The van der Waals surface area contributed by atoms with Gasteiger partial charge in [0.2, 0.25) is 0 Å². The fourth-order valence-electron chi connectivity index (χ4n) is 2.01. The Kier molecular flexibility index (Phi) is 2.44. The van der Waals surface area contributed by atoms with Gasteiger partial charge in [-0.15, -0.1) is 0 Å². The van der Waals surface area contributed by atoms with Gasteiger partial charge < -0.3 is 5.11 Å². The summed E-state index contributed by atoms with van der Waals surface area (Å²) in [5.74, 6) is 0. The molecule has 2 heteroatoms. The van der Waals surface area contributed by atoms with E-state index in [1.54, 1.807) is 0 Å². The van der Waals surface area contributed by atoms with Gasteiger partial charge in [-0.1, -0.05) is 26.7 Å². The molecule has 0 bridgehead atoms. The second kappa shape index (κ2) is 3.06. The SMILES string of the molecule is CC1(C)CCCCC1(O)CC#N. The maximum absolute atomic E-state index is 10.2. The normalized spacial score (nSPS) is 34.2. The number of rotatable bonds is 1. The monoisotopic (exact) mass is 167 g/mol. The van der Waals surface area contributed by atoms with Gasteiger partial charge >= 0.3 is 0 Å². The number of hydrogen-bond acceptors (Lipinski definition) is 2. The molecule has 68 valence electrons. The largest absolute Gasteiger partial charge is 0.388 e. The molecule has 12 heavy (non-hydrogen) atoms. The second-order valence-corrected chi connectivity index (χ2v) is 4.46. The first-order valence-electron chi connectivity index (χ1n) is 4.61. The van der Waals surface area contributed by atoms with Gasteiger partial charge in [0.15, 0.2) is 0 Å². The quantitative estimate of drug-likeness (QED) is 0.650. The van der Waals surface area contributed by atoms with Gasteiger partial charge in [-0.3, -0.25) is 0 Å². The van der Waals surface area contributed by atoms with E-state index in [4.69, 9.17) is 5.26 Å². The van der Waals surface area contributed by atoms with Crippen LogP contribution in [0.2, 0.25) is 0 Å². The molecule has 0 aliphatic heterocycles. The summed E-state index contributed by atoms with van der Waals surface area (Å²) in [4.78, 5) is 0. The molecule has 0 aromatic carbocycles. The van der Waals surface area contributed by atoms with Crippen LogP contribution in [0.5, 0.6) is 0 Å². The van der Waals surface area contributed by atoms with E-state index in [0.29, 0.717) is 0 Å². The van der Waals surface area contributed by atoms with Crippen LogP contribution in [0.25, 0.3) is 0 Å². The number of nitriles is 1. The molecule has 0 saturated heterocycles. The Balaban J connectivity index is 2.78. The van der Waals surface area contributed by atoms with E-state index in [2.05, 4.69) is 19.9 Å². The predicted molar refractivity (Wildman–Crippen MR) is 47.4 cm³/mol. The van der Waals surface area contributed by atoms with Crippen LogP contribution in [0.3, 0.4) is 0 Å². The Bertz CT molecular complexity index is 204. The van der Waals surface area contributed by atoms with Crippen molar-refractivity contribution in [3.63, 3.8) is 0 Å².